The molecule has 0 bridgehead atoms. The smallest absolute Gasteiger partial charge is 0.231 e. The fourth-order valence-corrected chi connectivity index (χ4v) is 6.49. The van der Waals surface area contributed by atoms with Crippen LogP contribution in [-0.4, -0.2) is 35.6 Å². The monoisotopic (exact) mass is 609 g/mol. The Hall–Kier alpha value is -2.27. The van der Waals surface area contributed by atoms with Gasteiger partial charge in [-0.15, -0.1) is 0 Å². The van der Waals surface area contributed by atoms with Crippen LogP contribution in [0.4, 0.5) is 0 Å². The number of Topliss-reactive ketones (excluding diaryl/α,β-unsaturated/α-hetero) is 1. The fourth-order valence-electron chi connectivity index (χ4n) is 5.41. The number of benzene rings is 1. The number of phenols is 1. The normalized spacial score (nSPS) is 29.1. The highest BCUT2D eigenvalue weighted by Crippen LogP contribution is 2.55. The van der Waals surface area contributed by atoms with E-state index in [1.807, 2.05) is 28.7 Å². The number of phenolic OH excluding ortho intramolecular Hbond substituents is 1. The minimum atomic E-state index is -0.579. The summed E-state index contributed by atoms with van der Waals surface area (Å²) in [5, 5.41) is 12.7. The molecule has 0 radical (unpaired) electrons. The number of carbonyl (C=O) groups is 4. The van der Waals surface area contributed by atoms with Crippen LogP contribution in [0.5, 0.6) is 11.5 Å². The first-order valence-corrected chi connectivity index (χ1v) is 11.9. The number of rotatable bonds is 2. The van der Waals surface area contributed by atoms with Gasteiger partial charge in [0, 0.05) is 23.1 Å². The minimum absolute atomic E-state index is 0.00875. The summed E-state index contributed by atoms with van der Waals surface area (Å²) < 4.78 is 6.05. The molecular weight excluding hydrogens is 593 g/mol. The molecule has 0 saturated carbocycles. The number of carbonyl (C=O) groups excluding carboxylic acids is 4. The molecule has 2 amide bonds. The Kier molecular flexibility index (Phi) is 5.16. The number of ketones is 2. The van der Waals surface area contributed by atoms with Crippen molar-refractivity contribution in [1.82, 2.24) is 5.32 Å². The number of halogens is 2. The average molecular weight is 610 g/mol. The van der Waals surface area contributed by atoms with E-state index in [2.05, 4.69) is 21.2 Å². The molecule has 5 rings (SSSR count). The van der Waals surface area contributed by atoms with Crippen LogP contribution in [0.15, 0.2) is 45.5 Å². The van der Waals surface area contributed by atoms with Crippen LogP contribution in [0.2, 0.25) is 0 Å². The van der Waals surface area contributed by atoms with E-state index >= 15 is 0 Å². The van der Waals surface area contributed by atoms with Crippen molar-refractivity contribution in [2.45, 2.75) is 18.8 Å². The number of hydrogen-bond donors (Lipinski definition) is 2. The minimum Gasteiger partial charge on any atom is -0.504 e. The Bertz CT molecular complexity index is 1230. The van der Waals surface area contributed by atoms with Gasteiger partial charge < -0.3 is 9.84 Å². The number of hydrogen-bond acceptors (Lipinski definition) is 6. The lowest BCUT2D eigenvalue weighted by Gasteiger charge is -2.42. The Morgan fingerprint density at radius 3 is 2.62 bits per heavy atom. The maximum atomic E-state index is 13.1. The predicted molar refractivity (Wildman–Crippen MR) is 125 cm³/mol. The van der Waals surface area contributed by atoms with Gasteiger partial charge in [-0.25, -0.2) is 0 Å². The molecule has 1 aromatic rings. The summed E-state index contributed by atoms with van der Waals surface area (Å²) in [4.78, 5) is 51.2. The molecule has 32 heavy (non-hydrogen) atoms. The average Bonchev–Trinajstić information content (AvgIpc) is 3.06. The number of methoxy groups -OCH3 is 1. The highest BCUT2D eigenvalue weighted by Gasteiger charge is 2.53. The molecule has 0 aromatic heterocycles. The summed E-state index contributed by atoms with van der Waals surface area (Å²) in [6.45, 7) is 0. The van der Waals surface area contributed by atoms with Gasteiger partial charge in [-0.05, 0) is 75.0 Å². The molecule has 164 valence electrons. The molecule has 1 aromatic carbocycles. The van der Waals surface area contributed by atoms with Crippen molar-refractivity contribution in [3.63, 3.8) is 0 Å². The standard InChI is InChI=1S/C23H17BrINO6/c1-32-16-5-8(4-14(25)21(16)29)17-9-2-3-10-18(23(31)26-22(10)30)11(9)6-12-19(17)15(27)7-13(24)20(12)28/h2,4-5,7,10-11,17-18,29H,3,6H2,1H3,(H,26,30,31). The molecule has 4 unspecified atom stereocenters. The molecule has 2 N–H and O–H groups in total. The Morgan fingerprint density at radius 2 is 1.91 bits per heavy atom. The highest BCUT2D eigenvalue weighted by atomic mass is 127. The maximum absolute atomic E-state index is 13.1. The van der Waals surface area contributed by atoms with Gasteiger partial charge in [0.25, 0.3) is 0 Å². The summed E-state index contributed by atoms with van der Waals surface area (Å²) in [7, 11) is 1.44. The zero-order valence-electron chi connectivity index (χ0n) is 16.8. The van der Waals surface area contributed by atoms with E-state index in [0.717, 1.165) is 5.57 Å². The van der Waals surface area contributed by atoms with Gasteiger partial charge in [0.2, 0.25) is 11.8 Å². The van der Waals surface area contributed by atoms with E-state index in [0.29, 0.717) is 26.7 Å². The van der Waals surface area contributed by atoms with Gasteiger partial charge in [-0.1, -0.05) is 11.6 Å². The van der Waals surface area contributed by atoms with Crippen LogP contribution in [0.3, 0.4) is 0 Å². The zero-order chi connectivity index (χ0) is 22.9. The number of nitrogens with one attached hydrogen (secondary N) is 1. The molecule has 4 aliphatic rings. The van der Waals surface area contributed by atoms with Gasteiger partial charge in [-0.2, -0.15) is 0 Å². The van der Waals surface area contributed by atoms with Crippen molar-refractivity contribution in [3.05, 3.63) is 54.6 Å². The van der Waals surface area contributed by atoms with Gasteiger partial charge >= 0.3 is 0 Å². The SMILES string of the molecule is COc1cc(C2C3=CCC4C(=O)NC(=O)C4C3CC3=C2C(=O)C=C(Br)C3=O)cc(I)c1O. The van der Waals surface area contributed by atoms with E-state index in [-0.39, 0.29) is 51.7 Å². The second-order valence-electron chi connectivity index (χ2n) is 8.30. The molecule has 9 heteroatoms. The van der Waals surface area contributed by atoms with Crippen molar-refractivity contribution in [2.75, 3.05) is 7.11 Å². The largest absolute Gasteiger partial charge is 0.504 e. The van der Waals surface area contributed by atoms with Crippen molar-refractivity contribution >= 4 is 61.9 Å². The third-order valence-corrected chi connectivity index (χ3v) is 8.19. The number of amides is 2. The highest BCUT2D eigenvalue weighted by molar-refractivity contribution is 14.1. The molecule has 0 spiro atoms. The first-order valence-electron chi connectivity index (χ1n) is 10.0. The molecule has 1 aliphatic heterocycles. The molecule has 1 saturated heterocycles. The van der Waals surface area contributed by atoms with Crippen molar-refractivity contribution in [1.29, 1.82) is 0 Å². The quantitative estimate of drug-likeness (QED) is 0.231. The first kappa shape index (κ1) is 21.6. The van der Waals surface area contributed by atoms with E-state index < -0.39 is 17.8 Å². The molecule has 1 heterocycles. The van der Waals surface area contributed by atoms with Gasteiger partial charge in [0.1, 0.15) is 0 Å². The first-order chi connectivity index (χ1) is 15.2. The van der Waals surface area contributed by atoms with E-state index in [1.165, 1.54) is 13.2 Å². The van der Waals surface area contributed by atoms with Crippen LogP contribution in [0, 0.1) is 21.3 Å². The fraction of sp³-hybridized carbons (Fsp3) is 0.304. The Balaban J connectivity index is 1.74. The predicted octanol–water partition coefficient (Wildman–Crippen LogP) is 3.06. The summed E-state index contributed by atoms with van der Waals surface area (Å²) in [5.41, 5.74) is 2.29. The Labute approximate surface area is 205 Å². The van der Waals surface area contributed by atoms with Gasteiger partial charge in [0.05, 0.1) is 27.0 Å². The van der Waals surface area contributed by atoms with Crippen molar-refractivity contribution in [3.8, 4) is 11.5 Å². The van der Waals surface area contributed by atoms with Crippen LogP contribution >= 0.6 is 38.5 Å². The molecule has 4 atom stereocenters. The van der Waals surface area contributed by atoms with Crippen LogP contribution in [0.1, 0.15) is 24.3 Å². The zero-order valence-corrected chi connectivity index (χ0v) is 20.5. The van der Waals surface area contributed by atoms with Crippen molar-refractivity contribution in [2.24, 2.45) is 17.8 Å². The summed E-state index contributed by atoms with van der Waals surface area (Å²) >= 11 is 5.18. The lowest BCUT2D eigenvalue weighted by Crippen LogP contribution is -2.39. The third-order valence-electron chi connectivity index (χ3n) is 6.78. The molecule has 1 fully saturated rings. The van der Waals surface area contributed by atoms with E-state index in [4.69, 9.17) is 4.74 Å². The van der Waals surface area contributed by atoms with Gasteiger partial charge in [-0.3, -0.25) is 24.5 Å². The van der Waals surface area contributed by atoms with E-state index in [9.17, 15) is 24.3 Å². The number of imide groups is 1. The number of fused-ring (bicyclic) bond motifs is 3. The van der Waals surface area contributed by atoms with Crippen LogP contribution < -0.4 is 10.1 Å². The second kappa shape index (κ2) is 7.65. The molecular formula is C23H17BrINO6. The maximum Gasteiger partial charge on any atom is 0.231 e. The molecule has 3 aliphatic carbocycles. The number of aromatic hydroxyl groups is 1. The lowest BCUT2D eigenvalue weighted by atomic mass is 9.59. The van der Waals surface area contributed by atoms with Crippen molar-refractivity contribution < 1.29 is 29.0 Å². The van der Waals surface area contributed by atoms with Gasteiger partial charge in [0.15, 0.2) is 23.1 Å². The Morgan fingerprint density at radius 1 is 1.16 bits per heavy atom. The van der Waals surface area contributed by atoms with E-state index in [1.54, 1.807) is 12.1 Å². The molecule has 7 nitrogen and oxygen atoms in total. The van der Waals surface area contributed by atoms with Crippen LogP contribution in [-0.2, 0) is 19.2 Å². The lowest BCUT2D eigenvalue weighted by molar-refractivity contribution is -0.126. The van der Waals surface area contributed by atoms with Crippen LogP contribution in [0.25, 0.3) is 0 Å². The summed E-state index contributed by atoms with van der Waals surface area (Å²) in [5.74, 6) is -2.94. The summed E-state index contributed by atoms with van der Waals surface area (Å²) in [6, 6.07) is 3.42. The third kappa shape index (κ3) is 3.04. The number of ether oxygens (including phenoxy) is 1. The second-order valence-corrected chi connectivity index (χ2v) is 10.3. The summed E-state index contributed by atoms with van der Waals surface area (Å²) in [6.07, 6.45) is 3.84. The topological polar surface area (TPSA) is 110 Å². The number of allylic oxidation sites excluding steroid dienone is 6.